The first-order valence-corrected chi connectivity index (χ1v) is 7.73. The van der Waals surface area contributed by atoms with Crippen LogP contribution in [-0.4, -0.2) is 42.7 Å². The summed E-state index contributed by atoms with van der Waals surface area (Å²) in [6.45, 7) is 4.17. The molecule has 7 heteroatoms. The maximum absolute atomic E-state index is 12.5. The van der Waals surface area contributed by atoms with Crippen LogP contribution < -0.4 is 5.32 Å². The van der Waals surface area contributed by atoms with E-state index in [0.29, 0.717) is 43.7 Å². The summed E-state index contributed by atoms with van der Waals surface area (Å²) in [5, 5.41) is 7.06. The van der Waals surface area contributed by atoms with E-state index in [9.17, 15) is 8.42 Å². The number of hydrogen-bond donors (Lipinski definition) is 1. The average Bonchev–Trinajstić information content (AvgIpc) is 2.97. The van der Waals surface area contributed by atoms with Crippen molar-refractivity contribution in [3.8, 4) is 0 Å². The van der Waals surface area contributed by atoms with Crippen molar-refractivity contribution in [1.29, 1.82) is 0 Å². The Kier molecular flexibility index (Phi) is 2.91. The van der Waals surface area contributed by atoms with E-state index in [1.54, 1.807) is 4.68 Å². The van der Waals surface area contributed by atoms with E-state index in [0.717, 1.165) is 5.69 Å². The fourth-order valence-corrected chi connectivity index (χ4v) is 4.24. The monoisotopic (exact) mass is 271 g/mol. The molecule has 2 atom stereocenters. The van der Waals surface area contributed by atoms with Gasteiger partial charge in [-0.1, -0.05) is 0 Å². The molecule has 0 bridgehead atoms. The maximum atomic E-state index is 12.5. The highest BCUT2D eigenvalue weighted by Gasteiger charge is 2.35. The van der Waals surface area contributed by atoms with E-state index in [2.05, 4.69) is 17.3 Å². The van der Waals surface area contributed by atoms with Crippen molar-refractivity contribution in [2.45, 2.75) is 42.6 Å². The fraction of sp³-hybridized carbons (Fsp3) is 0.727. The molecule has 0 saturated carbocycles. The third kappa shape index (κ3) is 1.86. The largest absolute Gasteiger partial charge is 0.380 e. The van der Waals surface area contributed by atoms with Gasteiger partial charge in [0.25, 0.3) is 0 Å². The number of nitrogens with zero attached hydrogens (tertiary/aromatic N) is 2. The van der Waals surface area contributed by atoms with Crippen molar-refractivity contribution >= 4 is 9.84 Å². The van der Waals surface area contributed by atoms with Gasteiger partial charge in [0.15, 0.2) is 9.84 Å². The van der Waals surface area contributed by atoms with E-state index in [1.807, 2.05) is 0 Å². The van der Waals surface area contributed by atoms with Crippen molar-refractivity contribution < 1.29 is 13.2 Å². The second kappa shape index (κ2) is 4.32. The van der Waals surface area contributed by atoms with Gasteiger partial charge >= 0.3 is 0 Å². The Balaban J connectivity index is 1.98. The summed E-state index contributed by atoms with van der Waals surface area (Å²) in [7, 11) is -3.30. The van der Waals surface area contributed by atoms with Gasteiger partial charge in [-0.2, -0.15) is 5.10 Å². The molecule has 1 saturated heterocycles. The predicted molar refractivity (Wildman–Crippen MR) is 64.9 cm³/mol. The van der Waals surface area contributed by atoms with Crippen LogP contribution in [0.15, 0.2) is 11.1 Å². The molecule has 1 N–H and O–H groups in total. The van der Waals surface area contributed by atoms with Gasteiger partial charge in [0.2, 0.25) is 0 Å². The van der Waals surface area contributed by atoms with Crippen LogP contribution in [0, 0.1) is 0 Å². The van der Waals surface area contributed by atoms with Crippen LogP contribution in [-0.2, 0) is 27.7 Å². The Bertz CT molecular complexity index is 546. The molecule has 3 heterocycles. The van der Waals surface area contributed by atoms with Gasteiger partial charge in [0.05, 0.1) is 30.3 Å². The Morgan fingerprint density at radius 1 is 1.56 bits per heavy atom. The summed E-state index contributed by atoms with van der Waals surface area (Å²) >= 11 is 0. The number of rotatable bonds is 2. The number of ether oxygens (including phenoxy) is 1. The van der Waals surface area contributed by atoms with Crippen molar-refractivity contribution in [1.82, 2.24) is 15.1 Å². The summed E-state index contributed by atoms with van der Waals surface area (Å²) in [6, 6.07) is 0.322. The third-order valence-corrected chi connectivity index (χ3v) is 5.81. The van der Waals surface area contributed by atoms with Crippen LogP contribution >= 0.6 is 0 Å². The number of hydrogen-bond acceptors (Lipinski definition) is 5. The third-order valence-electron chi connectivity index (χ3n) is 3.61. The van der Waals surface area contributed by atoms with Gasteiger partial charge in [0, 0.05) is 19.2 Å². The van der Waals surface area contributed by atoms with Crippen LogP contribution in [0.5, 0.6) is 0 Å². The first-order chi connectivity index (χ1) is 8.59. The summed E-state index contributed by atoms with van der Waals surface area (Å²) in [4.78, 5) is 0.373. The molecular formula is C11H17N3O3S. The smallest absolute Gasteiger partial charge is 0.187 e. The Labute approximate surface area is 106 Å². The van der Waals surface area contributed by atoms with Crippen molar-refractivity contribution in [2.75, 3.05) is 13.2 Å². The van der Waals surface area contributed by atoms with Crippen LogP contribution in [0.2, 0.25) is 0 Å². The highest BCUT2D eigenvalue weighted by atomic mass is 32.2. The minimum absolute atomic E-state index is 0.302. The van der Waals surface area contributed by atoms with Crippen LogP contribution in [0.1, 0.15) is 19.0 Å². The van der Waals surface area contributed by atoms with E-state index in [4.69, 9.17) is 4.74 Å². The fourth-order valence-electron chi connectivity index (χ4n) is 2.50. The summed E-state index contributed by atoms with van der Waals surface area (Å²) < 4.78 is 32.0. The molecule has 18 heavy (non-hydrogen) atoms. The van der Waals surface area contributed by atoms with E-state index in [1.165, 1.54) is 6.20 Å². The van der Waals surface area contributed by atoms with Gasteiger partial charge in [-0.3, -0.25) is 4.68 Å². The van der Waals surface area contributed by atoms with Crippen molar-refractivity contribution in [3.05, 3.63) is 11.9 Å². The molecule has 1 aromatic heterocycles. The lowest BCUT2D eigenvalue weighted by Crippen LogP contribution is -2.37. The second-order valence-electron chi connectivity index (χ2n) is 4.95. The maximum Gasteiger partial charge on any atom is 0.187 e. The molecule has 2 aliphatic rings. The van der Waals surface area contributed by atoms with Crippen molar-refractivity contribution in [2.24, 2.45) is 0 Å². The standard InChI is InChI=1S/C11H17N3O3S/c1-8-6-14-10(4-12-8)11(5-13-14)18(15,16)9-2-3-17-7-9/h5,8-9,12H,2-4,6-7H2,1H3. The highest BCUT2D eigenvalue weighted by Crippen LogP contribution is 2.26. The molecule has 0 radical (unpaired) electrons. The molecule has 2 unspecified atom stereocenters. The molecule has 1 fully saturated rings. The molecule has 6 nitrogen and oxygen atoms in total. The van der Waals surface area contributed by atoms with E-state index < -0.39 is 15.1 Å². The molecular weight excluding hydrogens is 254 g/mol. The van der Waals surface area contributed by atoms with Crippen molar-refractivity contribution in [3.63, 3.8) is 0 Å². The lowest BCUT2D eigenvalue weighted by molar-refractivity contribution is 0.198. The Morgan fingerprint density at radius 2 is 2.39 bits per heavy atom. The zero-order valence-corrected chi connectivity index (χ0v) is 11.1. The molecule has 100 valence electrons. The van der Waals surface area contributed by atoms with E-state index in [-0.39, 0.29) is 0 Å². The second-order valence-corrected chi connectivity index (χ2v) is 7.15. The zero-order valence-electron chi connectivity index (χ0n) is 10.3. The summed E-state index contributed by atoms with van der Waals surface area (Å²) in [5.41, 5.74) is 0.778. The summed E-state index contributed by atoms with van der Waals surface area (Å²) in [5.74, 6) is 0. The van der Waals surface area contributed by atoms with Gasteiger partial charge in [-0.15, -0.1) is 0 Å². The quantitative estimate of drug-likeness (QED) is 0.815. The van der Waals surface area contributed by atoms with Gasteiger partial charge in [-0.25, -0.2) is 8.42 Å². The normalized spacial score (nSPS) is 28.3. The van der Waals surface area contributed by atoms with Gasteiger partial charge in [0.1, 0.15) is 4.90 Å². The van der Waals surface area contributed by atoms with E-state index >= 15 is 0 Å². The van der Waals surface area contributed by atoms with Gasteiger partial charge < -0.3 is 10.1 Å². The first-order valence-electron chi connectivity index (χ1n) is 6.19. The SMILES string of the molecule is CC1Cn2ncc(S(=O)(=O)C3CCOC3)c2CN1. The minimum Gasteiger partial charge on any atom is -0.380 e. The number of sulfone groups is 1. The topological polar surface area (TPSA) is 73.2 Å². The highest BCUT2D eigenvalue weighted by molar-refractivity contribution is 7.92. The minimum atomic E-state index is -3.30. The molecule has 0 aliphatic carbocycles. The lowest BCUT2D eigenvalue weighted by atomic mass is 10.2. The van der Waals surface area contributed by atoms with Crippen LogP contribution in [0.4, 0.5) is 0 Å². The number of fused-ring (bicyclic) bond motifs is 1. The zero-order chi connectivity index (χ0) is 12.8. The first kappa shape index (κ1) is 12.1. The summed E-state index contributed by atoms with van der Waals surface area (Å²) in [6.07, 6.45) is 2.07. The van der Waals surface area contributed by atoms with Gasteiger partial charge in [-0.05, 0) is 13.3 Å². The molecule has 0 amide bonds. The number of aromatic nitrogens is 2. The molecule has 0 aromatic carbocycles. The number of nitrogens with one attached hydrogen (secondary N) is 1. The van der Waals surface area contributed by atoms with Crippen LogP contribution in [0.3, 0.4) is 0 Å². The molecule has 1 aromatic rings. The predicted octanol–water partition coefficient (Wildman–Crippen LogP) is -0.0626. The van der Waals surface area contributed by atoms with Crippen LogP contribution in [0.25, 0.3) is 0 Å². The Hall–Kier alpha value is -0.920. The molecule has 2 aliphatic heterocycles. The molecule has 3 rings (SSSR count). The Morgan fingerprint density at radius 3 is 3.11 bits per heavy atom. The molecule has 0 spiro atoms. The average molecular weight is 271 g/mol. The lowest BCUT2D eigenvalue weighted by Gasteiger charge is -2.22.